The first kappa shape index (κ1) is 78.4. The summed E-state index contributed by atoms with van der Waals surface area (Å²) in [5.74, 6) is -23.6. The van der Waals surface area contributed by atoms with Crippen LogP contribution in [0.1, 0.15) is 96.4 Å². The highest BCUT2D eigenvalue weighted by atomic mass is 16.4. The quantitative estimate of drug-likeness (QED) is 0.0293. The van der Waals surface area contributed by atoms with Gasteiger partial charge >= 0.3 is 29.8 Å². The normalized spacial score (nSPS) is 14.9. The first-order valence-electron chi connectivity index (χ1n) is 28.2. The highest BCUT2D eigenvalue weighted by Crippen LogP contribution is 2.12. The SMILES string of the molecule is CC(C)C[C@H](NC(=O)[C@H](CC(=O)O)NC(=O)[C@H](CC(=O)O)NC(=O)[C@H](Cc1c[nH]cn1)NC(=O)[C@H](Cc1c[nH]cn1)NC(=O)[C@H](CCC(N)=O)NC(=O)[C@H](CO)NC(=O)[C@@H](NC(=O)[C@H](CCC(=O)O)NC(=O)[C@@H](N)CC(N)=O)[C@@H](C)O)C(=O)N[C@@H](CCC(=O)O)C(=O)O. The van der Waals surface area contributed by atoms with E-state index in [2.05, 4.69) is 62.5 Å². The predicted octanol–water partition coefficient (Wildman–Crippen LogP) is -9.58. The zero-order valence-corrected chi connectivity index (χ0v) is 50.2. The van der Waals surface area contributed by atoms with Gasteiger partial charge in [-0.25, -0.2) is 14.8 Å². The number of nitrogens with two attached hydrogens (primary N) is 3. The number of nitrogens with zero attached hydrogens (tertiary/aromatic N) is 2. The molecule has 0 bridgehead atoms. The Labute approximate surface area is 526 Å². The Balaban J connectivity index is 2.51. The molecule has 2 heterocycles. The second-order valence-electron chi connectivity index (χ2n) is 21.3. The van der Waals surface area contributed by atoms with Gasteiger partial charge in [0.15, 0.2) is 0 Å². The second-order valence-corrected chi connectivity index (χ2v) is 21.3. The average Bonchev–Trinajstić information content (AvgIpc) is 1.54. The van der Waals surface area contributed by atoms with Crippen LogP contribution in [0.4, 0.5) is 0 Å². The van der Waals surface area contributed by atoms with E-state index in [1.807, 2.05) is 10.6 Å². The number of aliphatic hydroxyl groups excluding tert-OH is 2. The first-order chi connectivity index (χ1) is 43.5. The smallest absolute Gasteiger partial charge is 0.326 e. The van der Waals surface area contributed by atoms with Crippen molar-refractivity contribution in [2.24, 2.45) is 23.1 Å². The molecule has 2 aromatic rings. The van der Waals surface area contributed by atoms with E-state index in [0.717, 1.165) is 19.6 Å². The minimum Gasteiger partial charge on any atom is -0.481 e. The lowest BCUT2D eigenvalue weighted by Gasteiger charge is -2.28. The molecule has 0 aliphatic rings. The molecule has 0 fully saturated rings. The molecule has 41 heteroatoms. The van der Waals surface area contributed by atoms with Crippen LogP contribution in [-0.4, -0.2) is 236 Å². The highest BCUT2D eigenvalue weighted by molar-refractivity contribution is 6.00. The molecule has 41 nitrogen and oxygen atoms in total. The Morgan fingerprint density at radius 1 is 0.430 bits per heavy atom. The fraction of sp³-hybridized carbons (Fsp3) is 0.558. The van der Waals surface area contributed by atoms with Crippen LogP contribution in [0.5, 0.6) is 0 Å². The molecule has 2 aromatic heterocycles. The van der Waals surface area contributed by atoms with Crippen molar-refractivity contribution in [2.45, 2.75) is 170 Å². The number of aliphatic carboxylic acids is 5. The fourth-order valence-electron chi connectivity index (χ4n) is 8.34. The predicted molar refractivity (Wildman–Crippen MR) is 308 cm³/mol. The molecule has 0 radical (unpaired) electrons. The number of carbonyl (C=O) groups excluding carboxylic acids is 12. The second kappa shape index (κ2) is 38.8. The molecule has 0 saturated heterocycles. The summed E-state index contributed by atoms with van der Waals surface area (Å²) < 4.78 is 0. The molecular formula is C52H77N17O24. The number of primary amides is 2. The Morgan fingerprint density at radius 2 is 0.785 bits per heavy atom. The lowest BCUT2D eigenvalue weighted by Crippen LogP contribution is -2.62. The van der Waals surface area contributed by atoms with Gasteiger partial charge in [0.25, 0.3) is 0 Å². The Kier molecular flexibility index (Phi) is 32.7. The number of H-pyrrole nitrogens is 2. The molecule has 2 rings (SSSR count). The summed E-state index contributed by atoms with van der Waals surface area (Å²) in [5.41, 5.74) is 16.1. The molecule has 0 aliphatic carbocycles. The number of carboxylic acids is 5. The number of carboxylic acid groups (broad SMARTS) is 5. The molecule has 0 aliphatic heterocycles. The van der Waals surface area contributed by atoms with Gasteiger partial charge in [-0.3, -0.25) is 76.7 Å². The van der Waals surface area contributed by atoms with Crippen LogP contribution in [-0.2, 0) is 94.3 Å². The van der Waals surface area contributed by atoms with Gasteiger partial charge in [0.05, 0.1) is 62.1 Å². The summed E-state index contributed by atoms with van der Waals surface area (Å²) in [4.78, 5) is 233. The highest BCUT2D eigenvalue weighted by Gasteiger charge is 2.38. The Bertz CT molecular complexity index is 3000. The summed E-state index contributed by atoms with van der Waals surface area (Å²) >= 11 is 0. The van der Waals surface area contributed by atoms with Crippen molar-refractivity contribution < 1.29 is 117 Å². The zero-order chi connectivity index (χ0) is 70.4. The fourth-order valence-corrected chi connectivity index (χ4v) is 8.34. The van der Waals surface area contributed by atoms with E-state index >= 15 is 0 Å². The van der Waals surface area contributed by atoms with Gasteiger partial charge in [-0.2, -0.15) is 0 Å². The van der Waals surface area contributed by atoms with Gasteiger partial charge in [-0.05, 0) is 38.5 Å². The van der Waals surface area contributed by atoms with Crippen LogP contribution in [0.15, 0.2) is 25.0 Å². The van der Waals surface area contributed by atoms with Crippen LogP contribution in [0, 0.1) is 5.92 Å². The zero-order valence-electron chi connectivity index (χ0n) is 50.2. The molecule has 0 saturated carbocycles. The van der Waals surface area contributed by atoms with Gasteiger partial charge in [-0.1, -0.05) is 13.8 Å². The van der Waals surface area contributed by atoms with E-state index in [1.165, 1.54) is 12.4 Å². The van der Waals surface area contributed by atoms with E-state index in [-0.39, 0.29) is 17.8 Å². The molecule has 12 amide bonds. The number of carbonyl (C=O) groups is 17. The van der Waals surface area contributed by atoms with E-state index in [9.17, 15) is 112 Å². The minimum atomic E-state index is -2.21. The van der Waals surface area contributed by atoms with Crippen LogP contribution < -0.4 is 70.4 Å². The van der Waals surface area contributed by atoms with Crippen molar-refractivity contribution in [1.29, 1.82) is 0 Å². The summed E-state index contributed by atoms with van der Waals surface area (Å²) in [6.07, 6.45) is -5.50. The average molecular weight is 1320 g/mol. The number of hydrogen-bond donors (Lipinski definition) is 22. The van der Waals surface area contributed by atoms with Crippen molar-refractivity contribution >= 4 is 101 Å². The van der Waals surface area contributed by atoms with Crippen molar-refractivity contribution in [3.05, 3.63) is 36.4 Å². The van der Waals surface area contributed by atoms with Crippen LogP contribution in [0.3, 0.4) is 0 Å². The van der Waals surface area contributed by atoms with E-state index < -0.39 is 256 Å². The van der Waals surface area contributed by atoms with Crippen molar-refractivity contribution in [2.75, 3.05) is 6.61 Å². The van der Waals surface area contributed by atoms with Gasteiger partial charge < -0.3 is 116 Å². The number of aromatic amines is 2. The van der Waals surface area contributed by atoms with Gasteiger partial charge in [0.1, 0.15) is 60.4 Å². The minimum absolute atomic E-state index is 0.0339. The third-order valence-electron chi connectivity index (χ3n) is 13.1. The van der Waals surface area contributed by atoms with Crippen LogP contribution >= 0.6 is 0 Å². The summed E-state index contributed by atoms with van der Waals surface area (Å²) in [6, 6.07) is -20.8. The Hall–Kier alpha value is -10.7. The molecule has 12 atom stereocenters. The lowest BCUT2D eigenvalue weighted by atomic mass is 10.0. The number of aliphatic hydroxyl groups is 2. The number of rotatable bonds is 44. The van der Waals surface area contributed by atoms with E-state index in [0.29, 0.717) is 0 Å². The van der Waals surface area contributed by atoms with Gasteiger partial charge in [0.2, 0.25) is 70.9 Å². The van der Waals surface area contributed by atoms with E-state index in [4.69, 9.17) is 22.3 Å². The molecule has 0 unspecified atom stereocenters. The molecule has 93 heavy (non-hydrogen) atoms. The monoisotopic (exact) mass is 1320 g/mol. The number of nitrogens with one attached hydrogen (secondary N) is 12. The van der Waals surface area contributed by atoms with Crippen molar-refractivity contribution in [3.63, 3.8) is 0 Å². The summed E-state index contributed by atoms with van der Waals surface area (Å²) in [7, 11) is 0. The number of imidazole rings is 2. The molecule has 514 valence electrons. The summed E-state index contributed by atoms with van der Waals surface area (Å²) in [6.45, 7) is 2.87. The maximum absolute atomic E-state index is 14.4. The molecule has 25 N–H and O–H groups in total. The van der Waals surface area contributed by atoms with Crippen LogP contribution in [0.2, 0.25) is 0 Å². The first-order valence-corrected chi connectivity index (χ1v) is 28.2. The third-order valence-corrected chi connectivity index (χ3v) is 13.1. The maximum Gasteiger partial charge on any atom is 0.326 e. The van der Waals surface area contributed by atoms with Crippen molar-refractivity contribution in [1.82, 2.24) is 73.1 Å². The summed E-state index contributed by atoms with van der Waals surface area (Å²) in [5, 5.41) is 89.9. The van der Waals surface area contributed by atoms with E-state index in [1.54, 1.807) is 13.8 Å². The number of aromatic nitrogens is 4. The number of amides is 12. The maximum atomic E-state index is 14.4. The topological polar surface area (TPSA) is 688 Å². The molecule has 0 aromatic carbocycles. The Morgan fingerprint density at radius 3 is 1.17 bits per heavy atom. The van der Waals surface area contributed by atoms with Gasteiger partial charge in [0, 0.05) is 44.5 Å². The molecule has 0 spiro atoms. The lowest BCUT2D eigenvalue weighted by molar-refractivity contribution is -0.144. The number of hydrogen-bond acceptors (Lipinski definition) is 22. The van der Waals surface area contributed by atoms with Crippen LogP contribution in [0.25, 0.3) is 0 Å². The largest absolute Gasteiger partial charge is 0.481 e. The van der Waals surface area contributed by atoms with Crippen molar-refractivity contribution in [3.8, 4) is 0 Å². The standard InChI is InChI=1S/C52H77N17O24/c1-21(2)10-29(45(85)62-28(52(92)93)6-9-38(76)77)63-48(88)32(14-39(78)79)67-49(89)33(15-40(80)81)66-47(87)31(12-24-17-57-20-59-24)65-46(86)30(11-23-16-56-19-58-23)64-43(83)26(4-7-35(54)72)61-50(90)34(18-70)68-51(91)41(22(3)71)69-44(84)27(5-8-37(74)75)60-42(82)25(53)13-36(55)73/h16-17,19-22,25-34,41,70-71H,4-15,18,53H2,1-3H3,(H2,54,72)(H2,55,73)(H,56,58)(H,57,59)(H,60,82)(H,61,90)(H,62,85)(H,63,88)(H,64,83)(H,65,86)(H,66,87)(H,67,89)(H,68,91)(H,69,84)(H,74,75)(H,76,77)(H,78,79)(H,80,81)(H,92,93)/t22-,25+,26+,27+,28+,29+,30+,31+,32+,33+,34+,41+/m1/s1. The van der Waals surface area contributed by atoms with Gasteiger partial charge in [-0.15, -0.1) is 0 Å². The molecular weight excluding hydrogens is 1250 g/mol. The third kappa shape index (κ3) is 29.2.